The number of ether oxygens (including phenoxy) is 1. The minimum atomic E-state index is -0.528. The summed E-state index contributed by atoms with van der Waals surface area (Å²) < 4.78 is 10.8. The van der Waals surface area contributed by atoms with E-state index in [2.05, 4.69) is 0 Å². The number of rotatable bonds is 5. The van der Waals surface area contributed by atoms with Gasteiger partial charge in [-0.1, -0.05) is 11.6 Å². The molecule has 1 fully saturated rings. The van der Waals surface area contributed by atoms with E-state index in [1.807, 2.05) is 6.92 Å². The van der Waals surface area contributed by atoms with Gasteiger partial charge in [-0.2, -0.15) is 0 Å². The van der Waals surface area contributed by atoms with Gasteiger partial charge in [-0.25, -0.2) is 4.79 Å². The second-order valence-corrected chi connectivity index (χ2v) is 5.94. The fourth-order valence-electron chi connectivity index (χ4n) is 2.30. The summed E-state index contributed by atoms with van der Waals surface area (Å²) in [6.45, 7) is 1.87. The molecule has 23 heavy (non-hydrogen) atoms. The van der Waals surface area contributed by atoms with Crippen molar-refractivity contribution in [3.63, 3.8) is 0 Å². The molecule has 1 heterocycles. The monoisotopic (exact) mass is 335 g/mol. The van der Waals surface area contributed by atoms with Gasteiger partial charge in [0, 0.05) is 17.7 Å². The molecule has 1 aromatic carbocycles. The van der Waals surface area contributed by atoms with E-state index in [1.54, 1.807) is 6.07 Å². The number of carbonyl (C=O) groups excluding carboxylic acids is 1. The molecule has 0 saturated heterocycles. The first-order valence-electron chi connectivity index (χ1n) is 7.21. The Morgan fingerprint density at radius 2 is 2.13 bits per heavy atom. The Bertz CT molecular complexity index is 766. The van der Waals surface area contributed by atoms with Crippen LogP contribution in [0.3, 0.4) is 0 Å². The van der Waals surface area contributed by atoms with Gasteiger partial charge in [0.15, 0.2) is 0 Å². The average molecular weight is 336 g/mol. The number of carbonyl (C=O) groups is 1. The third-order valence-corrected chi connectivity index (χ3v) is 4.13. The van der Waals surface area contributed by atoms with Crippen LogP contribution in [0.2, 0.25) is 5.02 Å². The zero-order valence-corrected chi connectivity index (χ0v) is 13.1. The molecule has 7 heteroatoms. The molecule has 1 aliphatic rings. The second kappa shape index (κ2) is 6.04. The number of furan rings is 1. The van der Waals surface area contributed by atoms with Crippen molar-refractivity contribution in [1.82, 2.24) is 0 Å². The summed E-state index contributed by atoms with van der Waals surface area (Å²) in [5.41, 5.74) is 0.370. The first-order chi connectivity index (χ1) is 11.0. The Balaban J connectivity index is 1.78. The van der Waals surface area contributed by atoms with Crippen molar-refractivity contribution in [3.8, 4) is 11.3 Å². The summed E-state index contributed by atoms with van der Waals surface area (Å²) in [5.74, 6) is 0.365. The largest absolute Gasteiger partial charge is 0.457 e. The maximum absolute atomic E-state index is 12.0. The molecule has 0 amide bonds. The number of hydrogen-bond acceptors (Lipinski definition) is 5. The maximum atomic E-state index is 12.0. The topological polar surface area (TPSA) is 82.6 Å². The Morgan fingerprint density at radius 3 is 2.74 bits per heavy atom. The summed E-state index contributed by atoms with van der Waals surface area (Å²) in [4.78, 5) is 22.2. The lowest BCUT2D eigenvalue weighted by Gasteiger charge is -2.10. The second-order valence-electron chi connectivity index (χ2n) is 5.53. The molecule has 0 N–H and O–H groups in total. The molecule has 1 aromatic heterocycles. The van der Waals surface area contributed by atoms with Crippen LogP contribution < -0.4 is 0 Å². The third kappa shape index (κ3) is 3.37. The van der Waals surface area contributed by atoms with Gasteiger partial charge in [0.05, 0.1) is 9.95 Å². The normalized spacial score (nSPS) is 15.2. The molecular formula is C16H14ClNO5. The number of esters is 1. The van der Waals surface area contributed by atoms with Crippen LogP contribution in [0.4, 0.5) is 5.69 Å². The van der Waals surface area contributed by atoms with E-state index >= 15 is 0 Å². The summed E-state index contributed by atoms with van der Waals surface area (Å²) >= 11 is 6.05. The molecular weight excluding hydrogens is 322 g/mol. The molecule has 0 aliphatic heterocycles. The number of nitrogens with zero attached hydrogens (tertiary/aromatic N) is 1. The lowest BCUT2D eigenvalue weighted by molar-refractivity contribution is -0.384. The lowest BCUT2D eigenvalue weighted by Crippen LogP contribution is -2.16. The zero-order valence-electron chi connectivity index (χ0n) is 12.3. The molecule has 0 radical (unpaired) electrons. The van der Waals surface area contributed by atoms with E-state index in [9.17, 15) is 14.9 Å². The minimum absolute atomic E-state index is 0.0851. The van der Waals surface area contributed by atoms with Crippen molar-refractivity contribution in [2.75, 3.05) is 0 Å². The quantitative estimate of drug-likeness (QED) is 0.457. The summed E-state index contributed by atoms with van der Waals surface area (Å²) in [5, 5.41) is 10.9. The van der Waals surface area contributed by atoms with Crippen LogP contribution in [0.1, 0.15) is 30.3 Å². The minimum Gasteiger partial charge on any atom is -0.457 e. The molecule has 3 rings (SSSR count). The van der Waals surface area contributed by atoms with Gasteiger partial charge in [-0.15, -0.1) is 0 Å². The highest BCUT2D eigenvalue weighted by Crippen LogP contribution is 2.35. The van der Waals surface area contributed by atoms with Crippen molar-refractivity contribution in [3.05, 3.63) is 51.2 Å². The SMILES string of the molecule is C[C@H](OC(=O)c1ccc(-c2ccc([N+](=O)[O-])cc2Cl)o1)C1CC1. The van der Waals surface area contributed by atoms with Crippen molar-refractivity contribution >= 4 is 23.3 Å². The van der Waals surface area contributed by atoms with Crippen LogP contribution in [0.25, 0.3) is 11.3 Å². The van der Waals surface area contributed by atoms with Crippen LogP contribution in [0, 0.1) is 16.0 Å². The standard InChI is InChI=1S/C16H14ClNO5/c1-9(10-2-3-10)22-16(19)15-7-6-14(23-15)12-5-4-11(18(20)21)8-13(12)17/h4-10H,2-3H2,1H3/t9-/m0/s1. The van der Waals surface area contributed by atoms with Crippen LogP contribution in [0.5, 0.6) is 0 Å². The van der Waals surface area contributed by atoms with Crippen molar-refractivity contribution in [2.24, 2.45) is 5.92 Å². The maximum Gasteiger partial charge on any atom is 0.374 e. The van der Waals surface area contributed by atoms with Gasteiger partial charge in [-0.3, -0.25) is 10.1 Å². The third-order valence-electron chi connectivity index (χ3n) is 3.81. The van der Waals surface area contributed by atoms with E-state index in [-0.39, 0.29) is 22.6 Å². The van der Waals surface area contributed by atoms with Gasteiger partial charge in [0.1, 0.15) is 11.9 Å². The molecule has 1 atom stereocenters. The molecule has 0 unspecified atom stereocenters. The van der Waals surface area contributed by atoms with E-state index in [0.717, 1.165) is 12.8 Å². The van der Waals surface area contributed by atoms with Gasteiger partial charge in [-0.05, 0) is 43.9 Å². The Morgan fingerprint density at radius 1 is 1.39 bits per heavy atom. The molecule has 6 nitrogen and oxygen atoms in total. The predicted molar refractivity (Wildman–Crippen MR) is 83.4 cm³/mol. The summed E-state index contributed by atoms with van der Waals surface area (Å²) in [6.07, 6.45) is 2.03. The van der Waals surface area contributed by atoms with Gasteiger partial charge in [0.25, 0.3) is 5.69 Å². The molecule has 1 saturated carbocycles. The van der Waals surface area contributed by atoms with Crippen molar-refractivity contribution in [2.45, 2.75) is 25.9 Å². The van der Waals surface area contributed by atoms with Crippen LogP contribution in [0.15, 0.2) is 34.7 Å². The van der Waals surface area contributed by atoms with Crippen molar-refractivity contribution in [1.29, 1.82) is 0 Å². The molecule has 120 valence electrons. The predicted octanol–water partition coefficient (Wildman–Crippen LogP) is 4.46. The molecule has 0 spiro atoms. The highest BCUT2D eigenvalue weighted by Gasteiger charge is 2.31. The fourth-order valence-corrected chi connectivity index (χ4v) is 2.57. The van der Waals surface area contributed by atoms with Gasteiger partial charge < -0.3 is 9.15 Å². The van der Waals surface area contributed by atoms with Crippen LogP contribution >= 0.6 is 11.6 Å². The molecule has 0 bridgehead atoms. The first kappa shape index (κ1) is 15.6. The van der Waals surface area contributed by atoms with Crippen molar-refractivity contribution < 1.29 is 18.9 Å². The lowest BCUT2D eigenvalue weighted by atomic mass is 10.1. The van der Waals surface area contributed by atoms with E-state index < -0.39 is 10.9 Å². The first-order valence-corrected chi connectivity index (χ1v) is 7.58. The number of non-ortho nitro benzene ring substituents is 1. The Hall–Kier alpha value is -2.34. The summed E-state index contributed by atoms with van der Waals surface area (Å²) in [7, 11) is 0. The van der Waals surface area contributed by atoms with E-state index in [1.165, 1.54) is 24.3 Å². The highest BCUT2D eigenvalue weighted by atomic mass is 35.5. The highest BCUT2D eigenvalue weighted by molar-refractivity contribution is 6.33. The fraction of sp³-hybridized carbons (Fsp3) is 0.312. The number of halogens is 1. The van der Waals surface area contributed by atoms with Gasteiger partial charge >= 0.3 is 5.97 Å². The smallest absolute Gasteiger partial charge is 0.374 e. The van der Waals surface area contributed by atoms with Gasteiger partial charge in [0.2, 0.25) is 5.76 Å². The average Bonchev–Trinajstić information content (AvgIpc) is 3.25. The molecule has 2 aromatic rings. The number of hydrogen-bond donors (Lipinski definition) is 0. The van der Waals surface area contributed by atoms with E-state index in [4.69, 9.17) is 20.8 Å². The zero-order chi connectivity index (χ0) is 16.6. The van der Waals surface area contributed by atoms with Crippen LogP contribution in [-0.2, 0) is 4.74 Å². The summed E-state index contributed by atoms with van der Waals surface area (Å²) in [6, 6.07) is 7.16. The number of nitro benzene ring substituents is 1. The number of nitro groups is 1. The molecule has 1 aliphatic carbocycles. The number of benzene rings is 1. The van der Waals surface area contributed by atoms with E-state index in [0.29, 0.717) is 17.2 Å². The Kier molecular flexibility index (Phi) is 4.09. The van der Waals surface area contributed by atoms with Crippen LogP contribution in [-0.4, -0.2) is 17.0 Å². The Labute approximate surface area is 137 Å².